The number of nitrogens with two attached hydrogens (primary N) is 1. The topological polar surface area (TPSA) is 29.3 Å². The van der Waals surface area contributed by atoms with Gasteiger partial charge in [-0.2, -0.15) is 0 Å². The maximum Gasteiger partial charge on any atom is 0.0470 e. The molecule has 1 saturated heterocycles. The average Bonchev–Trinajstić information content (AvgIpc) is 2.84. The summed E-state index contributed by atoms with van der Waals surface area (Å²) < 4.78 is 1.18. The van der Waals surface area contributed by atoms with Crippen LogP contribution in [0.3, 0.4) is 0 Å². The van der Waals surface area contributed by atoms with Crippen LogP contribution in [-0.4, -0.2) is 24.5 Å². The highest BCUT2D eigenvalue weighted by Crippen LogP contribution is 2.32. The van der Waals surface area contributed by atoms with Crippen molar-refractivity contribution in [3.05, 3.63) is 33.8 Å². The third-order valence-corrected chi connectivity index (χ3v) is 5.30. The first-order valence-corrected chi connectivity index (χ1v) is 8.02. The second-order valence-electron chi connectivity index (χ2n) is 6.05. The van der Waals surface area contributed by atoms with Crippen molar-refractivity contribution in [2.24, 2.45) is 17.6 Å². The summed E-state index contributed by atoms with van der Waals surface area (Å²) in [6.45, 7) is 9.83. The van der Waals surface area contributed by atoms with Crippen molar-refractivity contribution < 1.29 is 0 Å². The zero-order valence-corrected chi connectivity index (χ0v) is 13.8. The maximum atomic E-state index is 6.04. The molecule has 0 bridgehead atoms. The SMILES string of the molecule is Cc1ccc(C(CN)N2CCC(C(C)C)C2)cc1Br. The number of rotatable bonds is 4. The third-order valence-electron chi connectivity index (χ3n) is 4.44. The van der Waals surface area contributed by atoms with Crippen LogP contribution in [0.4, 0.5) is 0 Å². The summed E-state index contributed by atoms with van der Waals surface area (Å²) in [5, 5.41) is 0. The minimum atomic E-state index is 0.362. The van der Waals surface area contributed by atoms with Crippen LogP contribution >= 0.6 is 15.9 Å². The first-order valence-electron chi connectivity index (χ1n) is 7.23. The molecule has 1 aromatic rings. The molecule has 0 aromatic heterocycles. The zero-order chi connectivity index (χ0) is 14.0. The summed E-state index contributed by atoms with van der Waals surface area (Å²) in [5.74, 6) is 1.59. The molecule has 0 amide bonds. The van der Waals surface area contributed by atoms with Crippen molar-refractivity contribution in [1.82, 2.24) is 4.90 Å². The molecule has 0 spiro atoms. The summed E-state index contributed by atoms with van der Waals surface area (Å²) in [6, 6.07) is 6.99. The lowest BCUT2D eigenvalue weighted by Gasteiger charge is -2.28. The van der Waals surface area contributed by atoms with Crippen LogP contribution in [0.25, 0.3) is 0 Å². The van der Waals surface area contributed by atoms with Crippen molar-refractivity contribution in [2.45, 2.75) is 33.2 Å². The van der Waals surface area contributed by atoms with Gasteiger partial charge in [-0.15, -0.1) is 0 Å². The van der Waals surface area contributed by atoms with Gasteiger partial charge in [-0.05, 0) is 48.9 Å². The molecule has 0 saturated carbocycles. The van der Waals surface area contributed by atoms with Gasteiger partial charge in [-0.25, -0.2) is 0 Å². The van der Waals surface area contributed by atoms with E-state index in [4.69, 9.17) is 5.73 Å². The van der Waals surface area contributed by atoms with E-state index in [1.54, 1.807) is 0 Å². The molecule has 1 aromatic carbocycles. The maximum absolute atomic E-state index is 6.04. The van der Waals surface area contributed by atoms with Crippen LogP contribution in [-0.2, 0) is 0 Å². The van der Waals surface area contributed by atoms with Crippen molar-refractivity contribution >= 4 is 15.9 Å². The molecule has 2 atom stereocenters. The lowest BCUT2D eigenvalue weighted by atomic mass is 9.95. The molecular formula is C16H25BrN2. The minimum absolute atomic E-state index is 0.362. The Bertz CT molecular complexity index is 431. The van der Waals surface area contributed by atoms with Crippen LogP contribution < -0.4 is 5.73 Å². The highest BCUT2D eigenvalue weighted by Gasteiger charge is 2.29. The Morgan fingerprint density at radius 1 is 1.42 bits per heavy atom. The predicted octanol–water partition coefficient (Wildman–Crippen LogP) is 3.74. The molecule has 2 nitrogen and oxygen atoms in total. The van der Waals surface area contributed by atoms with E-state index in [-0.39, 0.29) is 0 Å². The molecule has 1 heterocycles. The Hall–Kier alpha value is -0.380. The van der Waals surface area contributed by atoms with Gasteiger partial charge in [0.1, 0.15) is 0 Å². The molecule has 2 rings (SSSR count). The smallest absolute Gasteiger partial charge is 0.0470 e. The highest BCUT2D eigenvalue weighted by atomic mass is 79.9. The Labute approximate surface area is 125 Å². The molecular weight excluding hydrogens is 300 g/mol. The fourth-order valence-electron chi connectivity index (χ4n) is 2.96. The molecule has 1 aliphatic heterocycles. The summed E-state index contributed by atoms with van der Waals surface area (Å²) in [4.78, 5) is 2.56. The van der Waals surface area contributed by atoms with E-state index in [1.165, 1.54) is 35.1 Å². The van der Waals surface area contributed by atoms with E-state index >= 15 is 0 Å². The quantitative estimate of drug-likeness (QED) is 0.914. The van der Waals surface area contributed by atoms with E-state index in [2.05, 4.69) is 59.8 Å². The van der Waals surface area contributed by atoms with Gasteiger partial charge in [0.2, 0.25) is 0 Å². The number of benzene rings is 1. The van der Waals surface area contributed by atoms with Gasteiger partial charge >= 0.3 is 0 Å². The van der Waals surface area contributed by atoms with Gasteiger partial charge in [0.15, 0.2) is 0 Å². The van der Waals surface area contributed by atoms with Crippen molar-refractivity contribution in [1.29, 1.82) is 0 Å². The molecule has 2 N–H and O–H groups in total. The molecule has 2 unspecified atom stereocenters. The largest absolute Gasteiger partial charge is 0.329 e. The van der Waals surface area contributed by atoms with E-state index in [9.17, 15) is 0 Å². The van der Waals surface area contributed by atoms with Crippen LogP contribution in [0.5, 0.6) is 0 Å². The van der Waals surface area contributed by atoms with Crippen molar-refractivity contribution in [3.63, 3.8) is 0 Å². The Morgan fingerprint density at radius 3 is 2.68 bits per heavy atom. The molecule has 106 valence electrons. The number of hydrogen-bond acceptors (Lipinski definition) is 2. The summed E-state index contributed by atoms with van der Waals surface area (Å²) >= 11 is 3.63. The molecule has 0 aliphatic carbocycles. The number of nitrogens with zero attached hydrogens (tertiary/aromatic N) is 1. The molecule has 0 radical (unpaired) electrons. The monoisotopic (exact) mass is 324 g/mol. The fourth-order valence-corrected chi connectivity index (χ4v) is 3.35. The predicted molar refractivity (Wildman–Crippen MR) is 85.2 cm³/mol. The number of hydrogen-bond donors (Lipinski definition) is 1. The highest BCUT2D eigenvalue weighted by molar-refractivity contribution is 9.10. The van der Waals surface area contributed by atoms with Crippen LogP contribution in [0.2, 0.25) is 0 Å². The zero-order valence-electron chi connectivity index (χ0n) is 12.2. The third kappa shape index (κ3) is 3.39. The van der Waals surface area contributed by atoms with Gasteiger partial charge in [0.25, 0.3) is 0 Å². The van der Waals surface area contributed by atoms with Crippen LogP contribution in [0.1, 0.15) is 37.4 Å². The van der Waals surface area contributed by atoms with E-state index in [0.29, 0.717) is 12.6 Å². The Kier molecular flexibility index (Phi) is 5.04. The summed E-state index contributed by atoms with van der Waals surface area (Å²) in [7, 11) is 0. The van der Waals surface area contributed by atoms with Crippen molar-refractivity contribution in [2.75, 3.05) is 19.6 Å². The first-order chi connectivity index (χ1) is 9.02. The second kappa shape index (κ2) is 6.38. The lowest BCUT2D eigenvalue weighted by molar-refractivity contribution is 0.232. The second-order valence-corrected chi connectivity index (χ2v) is 6.90. The molecule has 1 aliphatic rings. The standard InChI is InChI=1S/C16H25BrN2/c1-11(2)14-6-7-19(10-14)16(9-18)13-5-4-12(3)15(17)8-13/h4-5,8,11,14,16H,6-7,9-10,18H2,1-3H3. The Balaban J connectivity index is 2.14. The van der Waals surface area contributed by atoms with Gasteiger partial charge in [0, 0.05) is 23.6 Å². The van der Waals surface area contributed by atoms with E-state index < -0.39 is 0 Å². The molecule has 19 heavy (non-hydrogen) atoms. The fraction of sp³-hybridized carbons (Fsp3) is 0.625. The van der Waals surface area contributed by atoms with E-state index in [1.807, 2.05) is 0 Å². The van der Waals surface area contributed by atoms with Gasteiger partial charge in [-0.1, -0.05) is 41.9 Å². The minimum Gasteiger partial charge on any atom is -0.329 e. The summed E-state index contributed by atoms with van der Waals surface area (Å²) in [6.07, 6.45) is 1.31. The number of aryl methyl sites for hydroxylation is 1. The van der Waals surface area contributed by atoms with Crippen LogP contribution in [0.15, 0.2) is 22.7 Å². The number of halogens is 1. The van der Waals surface area contributed by atoms with Gasteiger partial charge in [-0.3, -0.25) is 4.90 Å². The first kappa shape index (κ1) is 15.0. The van der Waals surface area contributed by atoms with E-state index in [0.717, 1.165) is 11.8 Å². The van der Waals surface area contributed by atoms with Gasteiger partial charge in [0.05, 0.1) is 0 Å². The molecule has 3 heteroatoms. The number of likely N-dealkylation sites (tertiary alicyclic amines) is 1. The average molecular weight is 325 g/mol. The van der Waals surface area contributed by atoms with Crippen LogP contribution in [0, 0.1) is 18.8 Å². The Morgan fingerprint density at radius 2 is 2.16 bits per heavy atom. The summed E-state index contributed by atoms with van der Waals surface area (Å²) in [5.41, 5.74) is 8.65. The molecule has 1 fully saturated rings. The normalized spacial score (nSPS) is 22.1. The van der Waals surface area contributed by atoms with Gasteiger partial charge < -0.3 is 5.73 Å². The van der Waals surface area contributed by atoms with Crippen molar-refractivity contribution in [3.8, 4) is 0 Å². The lowest BCUT2D eigenvalue weighted by Crippen LogP contribution is -2.32.